The van der Waals surface area contributed by atoms with Crippen LogP contribution >= 0.6 is 0 Å². The molecule has 0 aromatic carbocycles. The largest absolute Gasteiger partial charge is 0.469 e. The molecule has 0 saturated heterocycles. The van der Waals surface area contributed by atoms with Crippen molar-refractivity contribution in [2.45, 2.75) is 58.9 Å². The Morgan fingerprint density at radius 1 is 1.35 bits per heavy atom. The molecule has 0 bridgehead atoms. The van der Waals surface area contributed by atoms with Crippen molar-refractivity contribution in [1.29, 1.82) is 0 Å². The highest BCUT2D eigenvalue weighted by atomic mass is 16.5. The van der Waals surface area contributed by atoms with E-state index >= 15 is 0 Å². The van der Waals surface area contributed by atoms with Gasteiger partial charge in [-0.15, -0.1) is 0 Å². The molecule has 0 aromatic rings. The van der Waals surface area contributed by atoms with Crippen molar-refractivity contribution in [2.75, 3.05) is 7.11 Å². The van der Waals surface area contributed by atoms with Crippen LogP contribution in [0, 0.1) is 17.3 Å². The van der Waals surface area contributed by atoms with Crippen LogP contribution in [-0.2, 0) is 9.53 Å². The van der Waals surface area contributed by atoms with Crippen molar-refractivity contribution in [3.8, 4) is 0 Å². The van der Waals surface area contributed by atoms with Gasteiger partial charge in [0.15, 0.2) is 0 Å². The predicted octanol–water partition coefficient (Wildman–Crippen LogP) is 2.73. The number of rotatable bonds is 3. The lowest BCUT2D eigenvalue weighted by molar-refractivity contribution is -0.146. The smallest absolute Gasteiger partial charge is 0.306 e. The van der Waals surface area contributed by atoms with Crippen LogP contribution in [-0.4, -0.2) is 18.6 Å². The molecule has 0 aromatic heterocycles. The van der Waals surface area contributed by atoms with E-state index in [1.54, 1.807) is 0 Å². The van der Waals surface area contributed by atoms with Crippen molar-refractivity contribution in [3.05, 3.63) is 0 Å². The fraction of sp³-hybridized carbons (Fsp3) is 0.929. The van der Waals surface area contributed by atoms with Crippen molar-refractivity contribution < 1.29 is 9.53 Å². The van der Waals surface area contributed by atoms with Crippen LogP contribution in [0.3, 0.4) is 0 Å². The maximum atomic E-state index is 11.7. The molecule has 1 aliphatic rings. The molecule has 0 radical (unpaired) electrons. The molecular weight excluding hydrogens is 214 g/mol. The normalized spacial score (nSPS) is 34.5. The maximum absolute atomic E-state index is 11.7. The Bertz CT molecular complexity index is 270. The van der Waals surface area contributed by atoms with Crippen molar-refractivity contribution in [3.63, 3.8) is 0 Å². The quantitative estimate of drug-likeness (QED) is 0.773. The number of hydrogen-bond acceptors (Lipinski definition) is 3. The lowest BCUT2D eigenvalue weighted by atomic mass is 9.57. The molecule has 1 saturated carbocycles. The van der Waals surface area contributed by atoms with E-state index in [2.05, 4.69) is 13.8 Å². The molecule has 17 heavy (non-hydrogen) atoms. The molecule has 2 unspecified atom stereocenters. The minimum absolute atomic E-state index is 0.114. The van der Waals surface area contributed by atoms with Crippen LogP contribution in [0.5, 0.6) is 0 Å². The van der Waals surface area contributed by atoms with E-state index in [0.29, 0.717) is 18.3 Å². The van der Waals surface area contributed by atoms with Crippen molar-refractivity contribution in [1.82, 2.24) is 0 Å². The Morgan fingerprint density at radius 3 is 2.18 bits per heavy atom. The monoisotopic (exact) mass is 241 g/mol. The second kappa shape index (κ2) is 4.97. The Labute approximate surface area is 105 Å². The first-order valence-electron chi connectivity index (χ1n) is 6.56. The van der Waals surface area contributed by atoms with Gasteiger partial charge in [0.25, 0.3) is 0 Å². The van der Waals surface area contributed by atoms with E-state index in [9.17, 15) is 4.79 Å². The number of carbonyl (C=O) groups excluding carboxylic acids is 1. The molecule has 3 nitrogen and oxygen atoms in total. The third kappa shape index (κ3) is 3.21. The molecule has 0 spiro atoms. The van der Waals surface area contributed by atoms with Gasteiger partial charge in [-0.05, 0) is 50.4 Å². The minimum atomic E-state index is -0.343. The molecular formula is C14H27NO2. The van der Waals surface area contributed by atoms with Gasteiger partial charge in [0.2, 0.25) is 0 Å². The summed E-state index contributed by atoms with van der Waals surface area (Å²) in [7, 11) is 1.45. The molecule has 0 heterocycles. The van der Waals surface area contributed by atoms with Gasteiger partial charge in [0, 0.05) is 5.54 Å². The van der Waals surface area contributed by atoms with E-state index in [-0.39, 0.29) is 16.9 Å². The summed E-state index contributed by atoms with van der Waals surface area (Å²) in [6.07, 6.45) is 3.73. The molecule has 3 heteroatoms. The van der Waals surface area contributed by atoms with Crippen LogP contribution in [0.4, 0.5) is 0 Å². The summed E-state index contributed by atoms with van der Waals surface area (Å²) < 4.78 is 4.85. The number of esters is 1. The van der Waals surface area contributed by atoms with Crippen LogP contribution < -0.4 is 5.73 Å². The van der Waals surface area contributed by atoms with Crippen LogP contribution in [0.1, 0.15) is 53.4 Å². The van der Waals surface area contributed by atoms with Crippen LogP contribution in [0.2, 0.25) is 0 Å². The highest BCUT2D eigenvalue weighted by molar-refractivity contribution is 5.70. The van der Waals surface area contributed by atoms with Crippen LogP contribution in [0.25, 0.3) is 0 Å². The van der Waals surface area contributed by atoms with Gasteiger partial charge in [0.05, 0.1) is 13.5 Å². The van der Waals surface area contributed by atoms with E-state index < -0.39 is 0 Å². The third-order valence-electron chi connectivity index (χ3n) is 4.36. The first-order valence-corrected chi connectivity index (χ1v) is 6.56. The van der Waals surface area contributed by atoms with E-state index in [1.807, 2.05) is 13.8 Å². The van der Waals surface area contributed by atoms with E-state index in [1.165, 1.54) is 13.5 Å². The molecule has 0 aliphatic heterocycles. The lowest BCUT2D eigenvalue weighted by Crippen LogP contribution is -2.55. The predicted molar refractivity (Wildman–Crippen MR) is 69.5 cm³/mol. The average Bonchev–Trinajstić information content (AvgIpc) is 2.14. The lowest BCUT2D eigenvalue weighted by Gasteiger charge is -2.50. The number of methoxy groups -OCH3 is 1. The second-order valence-corrected chi connectivity index (χ2v) is 6.61. The Hall–Kier alpha value is -0.570. The van der Waals surface area contributed by atoms with E-state index in [4.69, 9.17) is 10.5 Å². The molecule has 100 valence electrons. The van der Waals surface area contributed by atoms with Gasteiger partial charge in [-0.2, -0.15) is 0 Å². The summed E-state index contributed by atoms with van der Waals surface area (Å²) in [5.74, 6) is 1.13. The summed E-state index contributed by atoms with van der Waals surface area (Å²) in [5.41, 5.74) is 5.91. The van der Waals surface area contributed by atoms with Gasteiger partial charge in [0.1, 0.15) is 0 Å². The van der Waals surface area contributed by atoms with Gasteiger partial charge < -0.3 is 10.5 Å². The third-order valence-corrected chi connectivity index (χ3v) is 4.36. The first-order chi connectivity index (χ1) is 7.70. The number of nitrogens with two attached hydrogens (primary N) is 1. The standard InChI is InChI=1S/C14H27NO2/c1-10-6-11(2)8-14(7-10,13(3,4)15)9-12(16)17-5/h10-11H,6-9,15H2,1-5H3. The topological polar surface area (TPSA) is 52.3 Å². The fourth-order valence-electron chi connectivity index (χ4n) is 3.52. The highest BCUT2D eigenvalue weighted by Crippen LogP contribution is 2.50. The van der Waals surface area contributed by atoms with Crippen molar-refractivity contribution in [2.24, 2.45) is 23.0 Å². The second-order valence-electron chi connectivity index (χ2n) is 6.61. The first kappa shape index (κ1) is 14.5. The summed E-state index contributed by atoms with van der Waals surface area (Å²) in [5, 5.41) is 0. The fourth-order valence-corrected chi connectivity index (χ4v) is 3.52. The Balaban J connectivity index is 2.97. The minimum Gasteiger partial charge on any atom is -0.469 e. The zero-order valence-electron chi connectivity index (χ0n) is 11.9. The van der Waals surface area contributed by atoms with Gasteiger partial charge in [-0.25, -0.2) is 0 Å². The molecule has 2 N–H and O–H groups in total. The van der Waals surface area contributed by atoms with Gasteiger partial charge in [-0.3, -0.25) is 4.79 Å². The van der Waals surface area contributed by atoms with Crippen molar-refractivity contribution >= 4 is 5.97 Å². The molecule has 2 atom stereocenters. The van der Waals surface area contributed by atoms with Gasteiger partial charge in [-0.1, -0.05) is 13.8 Å². The average molecular weight is 241 g/mol. The maximum Gasteiger partial charge on any atom is 0.306 e. The zero-order chi connectivity index (χ0) is 13.3. The number of carbonyl (C=O) groups is 1. The SMILES string of the molecule is COC(=O)CC1(C(C)(C)N)CC(C)CC(C)C1. The van der Waals surface area contributed by atoms with Gasteiger partial charge >= 0.3 is 5.97 Å². The summed E-state index contributed by atoms with van der Waals surface area (Å²) in [4.78, 5) is 11.7. The summed E-state index contributed by atoms with van der Waals surface area (Å²) in [6.45, 7) is 8.60. The molecule has 1 aliphatic carbocycles. The Kier molecular flexibility index (Phi) is 4.23. The van der Waals surface area contributed by atoms with E-state index in [0.717, 1.165) is 12.8 Å². The van der Waals surface area contributed by atoms with Crippen LogP contribution in [0.15, 0.2) is 0 Å². The number of hydrogen-bond donors (Lipinski definition) is 1. The molecule has 0 amide bonds. The molecule has 1 fully saturated rings. The summed E-state index contributed by atoms with van der Waals surface area (Å²) in [6, 6.07) is 0. The highest BCUT2D eigenvalue weighted by Gasteiger charge is 2.48. The molecule has 1 rings (SSSR count). The zero-order valence-corrected chi connectivity index (χ0v) is 11.9. The Morgan fingerprint density at radius 2 is 1.82 bits per heavy atom. The number of ether oxygens (including phenoxy) is 1. The summed E-state index contributed by atoms with van der Waals surface area (Å²) >= 11 is 0.